The first-order valence-electron chi connectivity index (χ1n) is 9.95. The van der Waals surface area contributed by atoms with Crippen molar-refractivity contribution in [1.29, 1.82) is 0 Å². The number of aliphatic hydroxyl groups is 1. The van der Waals surface area contributed by atoms with Gasteiger partial charge in [-0.05, 0) is 38.9 Å². The Bertz CT molecular complexity index is 1040. The van der Waals surface area contributed by atoms with Crippen LogP contribution in [0.25, 0.3) is 5.76 Å². The van der Waals surface area contributed by atoms with Crippen LogP contribution in [-0.4, -0.2) is 53.1 Å². The lowest BCUT2D eigenvalue weighted by atomic mass is 9.88. The summed E-state index contributed by atoms with van der Waals surface area (Å²) in [5.41, 5.74) is 4.14. The Balaban J connectivity index is 1.66. The Morgan fingerprint density at radius 3 is 2.80 bits per heavy atom. The van der Waals surface area contributed by atoms with Crippen LogP contribution >= 0.6 is 0 Å². The molecule has 1 aromatic heterocycles. The summed E-state index contributed by atoms with van der Waals surface area (Å²) in [5, 5.41) is 14.9. The number of nitrogens with zero attached hydrogens (tertiary/aromatic N) is 3. The van der Waals surface area contributed by atoms with E-state index in [0.717, 1.165) is 29.8 Å². The summed E-state index contributed by atoms with van der Waals surface area (Å²) in [6.07, 6.45) is 2.35. The fraction of sp³-hybridized carbons (Fsp3) is 0.455. The van der Waals surface area contributed by atoms with Crippen LogP contribution in [-0.2, 0) is 18.3 Å². The normalized spacial score (nSPS) is 18.4. The van der Waals surface area contributed by atoms with Gasteiger partial charge < -0.3 is 19.3 Å². The molecule has 0 saturated heterocycles. The number of aliphatic hydroxyl groups excluding tert-OH is 1. The SMILES string of the molecule is COc1c2c(cc3c1[C@H](CC(=O)C=C(O)c1c(C)nn(C)c1C)N(C)CC3)OCO2. The summed E-state index contributed by atoms with van der Waals surface area (Å²) in [5.74, 6) is 1.67. The molecule has 0 aliphatic carbocycles. The molecule has 2 aliphatic heterocycles. The number of aryl methyl sites for hydroxylation is 2. The van der Waals surface area contributed by atoms with Gasteiger partial charge in [0.1, 0.15) is 5.76 Å². The van der Waals surface area contributed by atoms with E-state index in [1.54, 1.807) is 11.8 Å². The quantitative estimate of drug-likeness (QED) is 0.596. The summed E-state index contributed by atoms with van der Waals surface area (Å²) in [6, 6.07) is 1.80. The predicted molar refractivity (Wildman–Crippen MR) is 111 cm³/mol. The highest BCUT2D eigenvalue weighted by Crippen LogP contribution is 2.50. The zero-order valence-corrected chi connectivity index (χ0v) is 18.0. The van der Waals surface area contributed by atoms with E-state index in [2.05, 4.69) is 10.00 Å². The highest BCUT2D eigenvalue weighted by molar-refractivity contribution is 5.96. The Labute approximate surface area is 175 Å². The van der Waals surface area contributed by atoms with Crippen LogP contribution in [0, 0.1) is 13.8 Å². The van der Waals surface area contributed by atoms with Crippen molar-refractivity contribution < 1.29 is 24.1 Å². The number of aromatic nitrogens is 2. The minimum Gasteiger partial charge on any atom is -0.507 e. The van der Waals surface area contributed by atoms with E-state index >= 15 is 0 Å². The average Bonchev–Trinajstić information content (AvgIpc) is 3.26. The monoisotopic (exact) mass is 413 g/mol. The number of carbonyl (C=O) groups is 1. The van der Waals surface area contributed by atoms with Crippen molar-refractivity contribution in [2.45, 2.75) is 32.7 Å². The number of benzene rings is 1. The molecule has 2 aliphatic rings. The molecule has 1 N–H and O–H groups in total. The van der Waals surface area contributed by atoms with E-state index in [-0.39, 0.29) is 30.8 Å². The maximum Gasteiger partial charge on any atom is 0.231 e. The largest absolute Gasteiger partial charge is 0.507 e. The fourth-order valence-electron chi connectivity index (χ4n) is 4.40. The summed E-state index contributed by atoms with van der Waals surface area (Å²) >= 11 is 0. The summed E-state index contributed by atoms with van der Waals surface area (Å²) in [6.45, 7) is 4.65. The molecule has 8 nitrogen and oxygen atoms in total. The van der Waals surface area contributed by atoms with Crippen LogP contribution in [0.1, 0.15) is 40.5 Å². The van der Waals surface area contributed by atoms with Crippen LogP contribution in [0.5, 0.6) is 17.2 Å². The molecular weight excluding hydrogens is 386 g/mol. The molecule has 4 rings (SSSR count). The maximum absolute atomic E-state index is 12.9. The third kappa shape index (κ3) is 3.31. The van der Waals surface area contributed by atoms with E-state index in [0.29, 0.717) is 28.5 Å². The van der Waals surface area contributed by atoms with Crippen molar-refractivity contribution in [3.63, 3.8) is 0 Å². The number of methoxy groups -OCH3 is 1. The molecule has 2 aromatic rings. The molecule has 3 heterocycles. The van der Waals surface area contributed by atoms with Crippen molar-refractivity contribution in [2.75, 3.05) is 27.5 Å². The minimum absolute atomic E-state index is 0.0561. The van der Waals surface area contributed by atoms with Crippen LogP contribution in [0.3, 0.4) is 0 Å². The Morgan fingerprint density at radius 2 is 2.13 bits per heavy atom. The number of ketones is 1. The Hall–Kier alpha value is -3.00. The van der Waals surface area contributed by atoms with Crippen LogP contribution in [0.4, 0.5) is 0 Å². The molecule has 8 heteroatoms. The number of allylic oxidation sites excluding steroid dienone is 1. The highest BCUT2D eigenvalue weighted by Gasteiger charge is 2.34. The lowest BCUT2D eigenvalue weighted by molar-refractivity contribution is -0.115. The lowest BCUT2D eigenvalue weighted by Gasteiger charge is -2.35. The van der Waals surface area contributed by atoms with E-state index in [1.165, 1.54) is 6.08 Å². The first-order valence-corrected chi connectivity index (χ1v) is 9.95. The number of fused-ring (bicyclic) bond motifs is 2. The third-order valence-electron chi connectivity index (χ3n) is 6.00. The van der Waals surface area contributed by atoms with E-state index in [4.69, 9.17) is 14.2 Å². The highest BCUT2D eigenvalue weighted by atomic mass is 16.7. The smallest absolute Gasteiger partial charge is 0.231 e. The molecule has 0 bridgehead atoms. The van der Waals surface area contributed by atoms with Gasteiger partial charge >= 0.3 is 0 Å². The molecule has 1 atom stereocenters. The number of rotatable bonds is 5. The number of carbonyl (C=O) groups excluding carboxylic acids is 1. The maximum atomic E-state index is 12.9. The topological polar surface area (TPSA) is 86.0 Å². The number of hydrogen-bond donors (Lipinski definition) is 1. The van der Waals surface area contributed by atoms with Gasteiger partial charge in [-0.2, -0.15) is 5.10 Å². The molecule has 0 saturated carbocycles. The Morgan fingerprint density at radius 1 is 1.37 bits per heavy atom. The molecule has 0 spiro atoms. The van der Waals surface area contributed by atoms with Crippen molar-refractivity contribution in [3.05, 3.63) is 40.2 Å². The van der Waals surface area contributed by atoms with E-state index in [1.807, 2.05) is 34.0 Å². The first kappa shape index (κ1) is 20.3. The Kier molecular flexibility index (Phi) is 5.19. The van der Waals surface area contributed by atoms with E-state index < -0.39 is 0 Å². The van der Waals surface area contributed by atoms with Gasteiger partial charge in [-0.1, -0.05) is 0 Å². The van der Waals surface area contributed by atoms with Crippen LogP contribution in [0.15, 0.2) is 12.1 Å². The number of likely N-dealkylation sites (N-methyl/N-ethyl adjacent to an activating group) is 1. The summed E-state index contributed by atoms with van der Waals surface area (Å²) < 4.78 is 18.5. The molecule has 30 heavy (non-hydrogen) atoms. The van der Waals surface area contributed by atoms with Gasteiger partial charge in [-0.15, -0.1) is 0 Å². The van der Waals surface area contributed by atoms with Crippen molar-refractivity contribution in [3.8, 4) is 17.2 Å². The van der Waals surface area contributed by atoms with Gasteiger partial charge in [0, 0.05) is 43.4 Å². The van der Waals surface area contributed by atoms with Gasteiger partial charge in [0.05, 0.1) is 18.4 Å². The van der Waals surface area contributed by atoms with Gasteiger partial charge in [0.2, 0.25) is 12.5 Å². The van der Waals surface area contributed by atoms with Crippen molar-refractivity contribution in [2.24, 2.45) is 7.05 Å². The van der Waals surface area contributed by atoms with Gasteiger partial charge in [-0.3, -0.25) is 14.4 Å². The number of hydrogen-bond acceptors (Lipinski definition) is 7. The standard InChI is InChI=1S/C22H27N3O5/c1-12-19(13(2)25(4)23-12)17(27)10-15(26)9-16-20-14(6-7-24(16)3)8-18-21(22(20)28-5)30-11-29-18/h8,10,16,27H,6-7,9,11H2,1-5H3/t16-/m0/s1. The molecule has 0 unspecified atom stereocenters. The second kappa shape index (κ2) is 7.68. The minimum atomic E-state index is -0.189. The average molecular weight is 413 g/mol. The molecule has 0 amide bonds. The number of ether oxygens (including phenoxy) is 3. The summed E-state index contributed by atoms with van der Waals surface area (Å²) in [7, 11) is 5.40. The van der Waals surface area contributed by atoms with Crippen LogP contribution < -0.4 is 14.2 Å². The molecule has 0 fully saturated rings. The van der Waals surface area contributed by atoms with E-state index in [9.17, 15) is 9.90 Å². The summed E-state index contributed by atoms with van der Waals surface area (Å²) in [4.78, 5) is 15.1. The molecule has 0 radical (unpaired) electrons. The molecule has 160 valence electrons. The predicted octanol–water partition coefficient (Wildman–Crippen LogP) is 2.86. The van der Waals surface area contributed by atoms with Gasteiger partial charge in [-0.25, -0.2) is 0 Å². The lowest BCUT2D eigenvalue weighted by Crippen LogP contribution is -2.33. The zero-order chi connectivity index (χ0) is 21.6. The van der Waals surface area contributed by atoms with Crippen molar-refractivity contribution >= 4 is 11.5 Å². The first-order chi connectivity index (χ1) is 14.3. The van der Waals surface area contributed by atoms with Crippen LogP contribution in [0.2, 0.25) is 0 Å². The van der Waals surface area contributed by atoms with Crippen molar-refractivity contribution in [1.82, 2.24) is 14.7 Å². The zero-order valence-electron chi connectivity index (χ0n) is 18.0. The molecular formula is C22H27N3O5. The fourth-order valence-corrected chi connectivity index (χ4v) is 4.40. The second-order valence-electron chi connectivity index (χ2n) is 7.83. The molecule has 1 aromatic carbocycles. The van der Waals surface area contributed by atoms with Gasteiger partial charge in [0.25, 0.3) is 0 Å². The second-order valence-corrected chi connectivity index (χ2v) is 7.83. The third-order valence-corrected chi connectivity index (χ3v) is 6.00. The van der Waals surface area contributed by atoms with Gasteiger partial charge in [0.15, 0.2) is 17.3 Å².